The van der Waals surface area contributed by atoms with Crippen molar-refractivity contribution in [3.63, 3.8) is 0 Å². The fourth-order valence-electron chi connectivity index (χ4n) is 1.99. The van der Waals surface area contributed by atoms with E-state index in [-0.39, 0.29) is 11.9 Å². The first-order chi connectivity index (χ1) is 7.08. The molecule has 1 nitrogen and oxygen atoms in total. The van der Waals surface area contributed by atoms with Crippen molar-refractivity contribution < 1.29 is 8.78 Å². The molecule has 0 aliphatic carbocycles. The quantitative estimate of drug-likeness (QED) is 0.753. The number of alkyl halides is 1. The predicted molar refractivity (Wildman–Crippen MR) is 55.9 cm³/mol. The van der Waals surface area contributed by atoms with Gasteiger partial charge in [-0.25, -0.2) is 8.78 Å². The molecule has 1 N–H and O–H groups in total. The Bertz CT molecular complexity index is 339. The highest BCUT2D eigenvalue weighted by molar-refractivity contribution is 5.22. The van der Waals surface area contributed by atoms with Gasteiger partial charge in [-0.3, -0.25) is 0 Å². The van der Waals surface area contributed by atoms with E-state index in [1.807, 2.05) is 6.07 Å². The van der Waals surface area contributed by atoms with E-state index in [1.165, 1.54) is 6.07 Å². The fourth-order valence-corrected chi connectivity index (χ4v) is 1.99. The van der Waals surface area contributed by atoms with Crippen LogP contribution < -0.4 is 5.32 Å². The lowest BCUT2D eigenvalue weighted by molar-refractivity contribution is 0.124. The molecule has 1 aliphatic heterocycles. The van der Waals surface area contributed by atoms with Gasteiger partial charge in [0, 0.05) is 18.2 Å². The van der Waals surface area contributed by atoms with Crippen molar-refractivity contribution in [2.75, 3.05) is 6.54 Å². The van der Waals surface area contributed by atoms with Crippen LogP contribution in [0.15, 0.2) is 24.3 Å². The van der Waals surface area contributed by atoms with Crippen LogP contribution in [0.2, 0.25) is 0 Å². The topological polar surface area (TPSA) is 12.0 Å². The van der Waals surface area contributed by atoms with Crippen LogP contribution in [0.1, 0.15) is 31.4 Å². The molecule has 1 aromatic carbocycles. The summed E-state index contributed by atoms with van der Waals surface area (Å²) < 4.78 is 26.9. The van der Waals surface area contributed by atoms with Gasteiger partial charge < -0.3 is 5.32 Å². The Morgan fingerprint density at radius 2 is 2.13 bits per heavy atom. The van der Waals surface area contributed by atoms with Crippen LogP contribution in [0, 0.1) is 5.82 Å². The third-order valence-corrected chi connectivity index (χ3v) is 2.95. The largest absolute Gasteiger partial charge is 0.307 e. The number of piperidine rings is 1. The molecule has 15 heavy (non-hydrogen) atoms. The second-order valence-electron chi connectivity index (χ2n) is 4.41. The first-order valence-corrected chi connectivity index (χ1v) is 5.25. The van der Waals surface area contributed by atoms with E-state index in [2.05, 4.69) is 5.32 Å². The Hall–Kier alpha value is -0.960. The van der Waals surface area contributed by atoms with E-state index in [1.54, 1.807) is 19.1 Å². The molecular formula is C12H15F2N. The highest BCUT2D eigenvalue weighted by atomic mass is 19.1. The number of benzene rings is 1. The minimum atomic E-state index is -1.15. The minimum Gasteiger partial charge on any atom is -0.307 e. The zero-order valence-electron chi connectivity index (χ0n) is 8.76. The minimum absolute atomic E-state index is 0.0463. The van der Waals surface area contributed by atoms with Gasteiger partial charge in [-0.05, 0) is 25.8 Å². The molecule has 0 amide bonds. The summed E-state index contributed by atoms with van der Waals surface area (Å²) in [6, 6.07) is 6.63. The van der Waals surface area contributed by atoms with Crippen molar-refractivity contribution in [3.8, 4) is 0 Å². The summed E-state index contributed by atoms with van der Waals surface area (Å²) in [6.07, 6.45) is 1.13. The van der Waals surface area contributed by atoms with Crippen molar-refractivity contribution in [2.45, 2.75) is 31.5 Å². The number of nitrogens with one attached hydrogen (secondary N) is 1. The normalized spacial score (nSPS) is 31.5. The lowest BCUT2D eigenvalue weighted by Gasteiger charge is -2.32. The molecule has 1 fully saturated rings. The highest BCUT2D eigenvalue weighted by Gasteiger charge is 2.31. The summed E-state index contributed by atoms with van der Waals surface area (Å²) >= 11 is 0. The molecule has 2 atom stereocenters. The van der Waals surface area contributed by atoms with Crippen LogP contribution in [0.5, 0.6) is 0 Å². The van der Waals surface area contributed by atoms with Crippen molar-refractivity contribution >= 4 is 0 Å². The summed E-state index contributed by atoms with van der Waals surface area (Å²) in [5.41, 5.74) is -0.505. The maximum Gasteiger partial charge on any atom is 0.127 e. The molecule has 1 aromatic rings. The number of halogens is 2. The predicted octanol–water partition coefficient (Wildman–Crippen LogP) is 2.98. The second-order valence-corrected chi connectivity index (χ2v) is 4.41. The zero-order chi connectivity index (χ0) is 10.9. The third-order valence-electron chi connectivity index (χ3n) is 2.95. The van der Waals surface area contributed by atoms with E-state index < -0.39 is 5.67 Å². The van der Waals surface area contributed by atoms with Gasteiger partial charge in [0.1, 0.15) is 11.5 Å². The van der Waals surface area contributed by atoms with Crippen LogP contribution in [-0.2, 0) is 0 Å². The Balaban J connectivity index is 2.11. The number of hydrogen-bond acceptors (Lipinski definition) is 1. The molecule has 0 spiro atoms. The van der Waals surface area contributed by atoms with E-state index in [0.29, 0.717) is 24.9 Å². The summed E-state index contributed by atoms with van der Waals surface area (Å²) in [7, 11) is 0. The van der Waals surface area contributed by atoms with E-state index in [4.69, 9.17) is 0 Å². The molecule has 0 aromatic heterocycles. The van der Waals surface area contributed by atoms with Crippen molar-refractivity contribution in [2.24, 2.45) is 0 Å². The molecule has 0 bridgehead atoms. The summed E-state index contributed by atoms with van der Waals surface area (Å²) in [6.45, 7) is 1.88. The molecule has 2 rings (SSSR count). The van der Waals surface area contributed by atoms with Crippen LogP contribution in [0.3, 0.4) is 0 Å². The lowest BCUT2D eigenvalue weighted by atomic mass is 9.90. The van der Waals surface area contributed by atoms with Gasteiger partial charge in [-0.15, -0.1) is 0 Å². The van der Waals surface area contributed by atoms with Gasteiger partial charge in [0.15, 0.2) is 0 Å². The van der Waals surface area contributed by atoms with Gasteiger partial charge in [-0.2, -0.15) is 0 Å². The zero-order valence-corrected chi connectivity index (χ0v) is 8.76. The van der Waals surface area contributed by atoms with Crippen LogP contribution >= 0.6 is 0 Å². The van der Waals surface area contributed by atoms with Gasteiger partial charge in [0.2, 0.25) is 0 Å². The van der Waals surface area contributed by atoms with Gasteiger partial charge in [0.25, 0.3) is 0 Å². The number of hydrogen-bond donors (Lipinski definition) is 1. The van der Waals surface area contributed by atoms with Crippen LogP contribution in [0.4, 0.5) is 8.78 Å². The van der Waals surface area contributed by atoms with E-state index in [9.17, 15) is 8.78 Å². The van der Waals surface area contributed by atoms with E-state index in [0.717, 1.165) is 0 Å². The summed E-state index contributed by atoms with van der Waals surface area (Å²) in [4.78, 5) is 0. The average molecular weight is 211 g/mol. The fraction of sp³-hybridized carbons (Fsp3) is 0.500. The van der Waals surface area contributed by atoms with Crippen LogP contribution in [0.25, 0.3) is 0 Å². The third kappa shape index (κ3) is 2.34. The molecule has 1 saturated heterocycles. The second kappa shape index (κ2) is 3.89. The van der Waals surface area contributed by atoms with E-state index >= 15 is 0 Å². The van der Waals surface area contributed by atoms with Crippen molar-refractivity contribution in [1.82, 2.24) is 5.32 Å². The van der Waals surface area contributed by atoms with Gasteiger partial charge >= 0.3 is 0 Å². The molecule has 1 heterocycles. The Morgan fingerprint density at radius 1 is 1.40 bits per heavy atom. The smallest absolute Gasteiger partial charge is 0.127 e. The first-order valence-electron chi connectivity index (χ1n) is 5.25. The average Bonchev–Trinajstić information content (AvgIpc) is 2.19. The first kappa shape index (κ1) is 10.6. The van der Waals surface area contributed by atoms with Crippen LogP contribution in [-0.4, -0.2) is 12.2 Å². The Kier molecular flexibility index (Phi) is 2.74. The summed E-state index contributed by atoms with van der Waals surface area (Å²) in [5.74, 6) is -0.211. The molecular weight excluding hydrogens is 196 g/mol. The van der Waals surface area contributed by atoms with Gasteiger partial charge in [-0.1, -0.05) is 18.2 Å². The lowest BCUT2D eigenvalue weighted by Crippen LogP contribution is -2.41. The Labute approximate surface area is 88.5 Å². The maximum atomic E-state index is 13.5. The highest BCUT2D eigenvalue weighted by Crippen LogP contribution is 2.30. The standard InChI is InChI=1S/C12H15F2N/c1-12(14)7-6-11(15-8-12)9-4-2-3-5-10(9)13/h2-5,11,15H,6-8H2,1H3. The summed E-state index contributed by atoms with van der Waals surface area (Å²) in [5, 5.41) is 3.05. The SMILES string of the molecule is CC1(F)CCC(c2ccccc2F)NC1. The molecule has 2 unspecified atom stereocenters. The molecule has 0 saturated carbocycles. The monoisotopic (exact) mass is 211 g/mol. The Morgan fingerprint density at radius 3 is 2.73 bits per heavy atom. The van der Waals surface area contributed by atoms with Crippen molar-refractivity contribution in [1.29, 1.82) is 0 Å². The molecule has 0 radical (unpaired) electrons. The van der Waals surface area contributed by atoms with Gasteiger partial charge in [0.05, 0.1) is 0 Å². The maximum absolute atomic E-state index is 13.5. The molecule has 82 valence electrons. The van der Waals surface area contributed by atoms with Crippen molar-refractivity contribution in [3.05, 3.63) is 35.6 Å². The molecule has 3 heteroatoms. The number of rotatable bonds is 1. The molecule has 1 aliphatic rings.